The molecule has 0 fully saturated rings. The molecular weight excluding hydrogens is 282 g/mol. The van der Waals surface area contributed by atoms with Gasteiger partial charge in [0.2, 0.25) is 0 Å². The molecule has 0 spiro atoms. The van der Waals surface area contributed by atoms with Crippen LogP contribution in [-0.2, 0) is 6.42 Å². The molecule has 0 saturated carbocycles. The smallest absolute Gasteiger partial charge is 0.337 e. The van der Waals surface area contributed by atoms with E-state index in [1.165, 1.54) is 24.5 Å². The molecule has 0 unspecified atom stereocenters. The van der Waals surface area contributed by atoms with E-state index < -0.39 is 11.9 Å². The maximum absolute atomic E-state index is 12.1. The van der Waals surface area contributed by atoms with Crippen LogP contribution in [0.1, 0.15) is 33.4 Å². The van der Waals surface area contributed by atoms with Gasteiger partial charge in [0.15, 0.2) is 0 Å². The molecule has 0 aliphatic carbocycles. The van der Waals surface area contributed by atoms with Gasteiger partial charge in [-0.05, 0) is 24.3 Å². The molecule has 1 aromatic heterocycles. The minimum atomic E-state index is -1.14. The topological polar surface area (TPSA) is 79.5 Å². The number of amides is 1. The lowest BCUT2D eigenvalue weighted by molar-refractivity contribution is 0.0698. The summed E-state index contributed by atoms with van der Waals surface area (Å²) in [4.78, 5) is 23.2. The van der Waals surface area contributed by atoms with Crippen LogP contribution in [0.4, 0.5) is 5.69 Å². The quantitative estimate of drug-likeness (QED) is 0.905. The van der Waals surface area contributed by atoms with Crippen LogP contribution in [-0.4, -0.2) is 17.0 Å². The molecule has 1 amide bonds. The predicted molar refractivity (Wildman–Crippen MR) is 74.5 cm³/mol. The number of halogens is 1. The first kappa shape index (κ1) is 14.1. The minimum absolute atomic E-state index is 0.0238. The number of anilines is 1. The molecule has 1 aromatic carbocycles. The van der Waals surface area contributed by atoms with Crippen LogP contribution in [0.5, 0.6) is 0 Å². The zero-order valence-electron chi connectivity index (χ0n) is 10.6. The summed E-state index contributed by atoms with van der Waals surface area (Å²) in [6.07, 6.45) is 1.99. The number of carboxylic acids is 1. The number of rotatable bonds is 4. The molecule has 5 nitrogen and oxygen atoms in total. The highest BCUT2D eigenvalue weighted by molar-refractivity contribution is 6.31. The number of hydrogen-bond donors (Lipinski definition) is 2. The normalized spacial score (nSPS) is 10.3. The van der Waals surface area contributed by atoms with E-state index in [0.29, 0.717) is 22.8 Å². The molecular formula is C14H12ClNO4. The Morgan fingerprint density at radius 1 is 1.30 bits per heavy atom. The van der Waals surface area contributed by atoms with E-state index in [-0.39, 0.29) is 11.3 Å². The third-order valence-electron chi connectivity index (χ3n) is 2.77. The van der Waals surface area contributed by atoms with Crippen molar-refractivity contribution >= 4 is 29.2 Å². The van der Waals surface area contributed by atoms with Gasteiger partial charge in [0.25, 0.3) is 5.91 Å². The standard InChI is InChI=1S/C14H12ClNO4/c1-2-12-10(5-6-20-12)13(17)16-11-7-8(15)3-4-9(11)14(18)19/h3-7H,2H2,1H3,(H,16,17)(H,18,19). The SMILES string of the molecule is CCc1occc1C(=O)Nc1cc(Cl)ccc1C(=O)O. The van der Waals surface area contributed by atoms with Gasteiger partial charge in [0, 0.05) is 11.4 Å². The highest BCUT2D eigenvalue weighted by Gasteiger charge is 2.17. The van der Waals surface area contributed by atoms with Gasteiger partial charge in [-0.15, -0.1) is 0 Å². The number of carboxylic acid groups (broad SMARTS) is 1. The van der Waals surface area contributed by atoms with Crippen molar-refractivity contribution in [3.05, 3.63) is 52.4 Å². The molecule has 2 N–H and O–H groups in total. The molecule has 0 aliphatic rings. The van der Waals surface area contributed by atoms with E-state index in [1.54, 1.807) is 6.07 Å². The van der Waals surface area contributed by atoms with Crippen LogP contribution in [0.15, 0.2) is 34.9 Å². The summed E-state index contributed by atoms with van der Waals surface area (Å²) in [5.74, 6) is -1.03. The monoisotopic (exact) mass is 293 g/mol. The molecule has 6 heteroatoms. The Morgan fingerprint density at radius 2 is 2.05 bits per heavy atom. The van der Waals surface area contributed by atoms with Gasteiger partial charge >= 0.3 is 5.97 Å². The number of aromatic carboxylic acids is 1. The van der Waals surface area contributed by atoms with Gasteiger partial charge in [-0.2, -0.15) is 0 Å². The van der Waals surface area contributed by atoms with E-state index in [4.69, 9.17) is 21.1 Å². The lowest BCUT2D eigenvalue weighted by Crippen LogP contribution is -2.15. The zero-order chi connectivity index (χ0) is 14.7. The molecule has 0 atom stereocenters. The molecule has 20 heavy (non-hydrogen) atoms. The summed E-state index contributed by atoms with van der Waals surface area (Å²) < 4.78 is 5.17. The van der Waals surface area contributed by atoms with Crippen LogP contribution >= 0.6 is 11.6 Å². The van der Waals surface area contributed by atoms with E-state index in [2.05, 4.69) is 5.32 Å². The maximum Gasteiger partial charge on any atom is 0.337 e. The summed E-state index contributed by atoms with van der Waals surface area (Å²) in [7, 11) is 0. The lowest BCUT2D eigenvalue weighted by Gasteiger charge is -2.08. The second kappa shape index (κ2) is 5.79. The summed E-state index contributed by atoms with van der Waals surface area (Å²) in [6, 6.07) is 5.74. The summed E-state index contributed by atoms with van der Waals surface area (Å²) in [5.41, 5.74) is 0.506. The van der Waals surface area contributed by atoms with Crippen LogP contribution in [0.2, 0.25) is 5.02 Å². The van der Waals surface area contributed by atoms with Gasteiger partial charge < -0.3 is 14.8 Å². The molecule has 2 rings (SSSR count). The first-order valence-electron chi connectivity index (χ1n) is 5.93. The highest BCUT2D eigenvalue weighted by atomic mass is 35.5. The minimum Gasteiger partial charge on any atom is -0.478 e. The third kappa shape index (κ3) is 2.83. The van der Waals surface area contributed by atoms with Crippen molar-refractivity contribution in [3.63, 3.8) is 0 Å². The fraction of sp³-hybridized carbons (Fsp3) is 0.143. The Bertz CT molecular complexity index is 663. The van der Waals surface area contributed by atoms with Gasteiger partial charge in [-0.3, -0.25) is 4.79 Å². The van der Waals surface area contributed by atoms with Gasteiger partial charge in [0.05, 0.1) is 23.1 Å². The Morgan fingerprint density at radius 3 is 2.70 bits per heavy atom. The zero-order valence-corrected chi connectivity index (χ0v) is 11.4. The first-order chi connectivity index (χ1) is 9.52. The number of benzene rings is 1. The summed E-state index contributed by atoms with van der Waals surface area (Å²) >= 11 is 5.83. The summed E-state index contributed by atoms with van der Waals surface area (Å²) in [6.45, 7) is 1.86. The maximum atomic E-state index is 12.1. The van der Waals surface area contributed by atoms with Crippen LogP contribution in [0, 0.1) is 0 Å². The Balaban J connectivity index is 2.32. The second-order valence-electron chi connectivity index (χ2n) is 4.06. The van der Waals surface area contributed by atoms with Crippen molar-refractivity contribution in [1.82, 2.24) is 0 Å². The van der Waals surface area contributed by atoms with Crippen LogP contribution < -0.4 is 5.32 Å². The second-order valence-corrected chi connectivity index (χ2v) is 4.50. The Hall–Kier alpha value is -2.27. The number of carbonyl (C=O) groups excluding carboxylic acids is 1. The van der Waals surface area contributed by atoms with Crippen molar-refractivity contribution in [2.24, 2.45) is 0 Å². The molecule has 0 bridgehead atoms. The van der Waals surface area contributed by atoms with E-state index in [9.17, 15) is 9.59 Å². The number of nitrogens with one attached hydrogen (secondary N) is 1. The Kier molecular flexibility index (Phi) is 4.10. The van der Waals surface area contributed by atoms with Crippen molar-refractivity contribution in [3.8, 4) is 0 Å². The largest absolute Gasteiger partial charge is 0.478 e. The van der Waals surface area contributed by atoms with Gasteiger partial charge in [0.1, 0.15) is 5.76 Å². The first-order valence-corrected chi connectivity index (χ1v) is 6.31. The summed E-state index contributed by atoms with van der Waals surface area (Å²) in [5, 5.41) is 12.0. The molecule has 2 aromatic rings. The molecule has 0 saturated heterocycles. The molecule has 0 radical (unpaired) electrons. The van der Waals surface area contributed by atoms with E-state index in [1.807, 2.05) is 6.92 Å². The molecule has 104 valence electrons. The number of hydrogen-bond acceptors (Lipinski definition) is 3. The molecule has 0 aliphatic heterocycles. The number of aryl methyl sites for hydroxylation is 1. The predicted octanol–water partition coefficient (Wildman–Crippen LogP) is 3.45. The number of carbonyl (C=O) groups is 2. The van der Waals surface area contributed by atoms with Gasteiger partial charge in [-0.25, -0.2) is 4.79 Å². The van der Waals surface area contributed by atoms with Crippen molar-refractivity contribution in [1.29, 1.82) is 0 Å². The van der Waals surface area contributed by atoms with E-state index in [0.717, 1.165) is 0 Å². The van der Waals surface area contributed by atoms with Crippen molar-refractivity contribution in [2.45, 2.75) is 13.3 Å². The number of furan rings is 1. The fourth-order valence-corrected chi connectivity index (χ4v) is 1.98. The van der Waals surface area contributed by atoms with Crippen molar-refractivity contribution < 1.29 is 19.1 Å². The van der Waals surface area contributed by atoms with E-state index >= 15 is 0 Å². The fourth-order valence-electron chi connectivity index (χ4n) is 1.81. The average Bonchev–Trinajstić information content (AvgIpc) is 2.86. The molecule has 1 heterocycles. The third-order valence-corrected chi connectivity index (χ3v) is 3.01. The highest BCUT2D eigenvalue weighted by Crippen LogP contribution is 2.22. The average molecular weight is 294 g/mol. The van der Waals surface area contributed by atoms with Crippen LogP contribution in [0.25, 0.3) is 0 Å². The Labute approximate surface area is 120 Å². The lowest BCUT2D eigenvalue weighted by atomic mass is 10.1. The van der Waals surface area contributed by atoms with Gasteiger partial charge in [-0.1, -0.05) is 18.5 Å². The van der Waals surface area contributed by atoms with Crippen LogP contribution in [0.3, 0.4) is 0 Å². The van der Waals surface area contributed by atoms with Crippen molar-refractivity contribution in [2.75, 3.05) is 5.32 Å².